The molecule has 1 atom stereocenters. The van der Waals surface area contributed by atoms with Gasteiger partial charge in [-0.05, 0) is 20.3 Å². The highest BCUT2D eigenvalue weighted by molar-refractivity contribution is 5.96. The predicted octanol–water partition coefficient (Wildman–Crippen LogP) is 0.765. The summed E-state index contributed by atoms with van der Waals surface area (Å²) in [6, 6.07) is 0. The summed E-state index contributed by atoms with van der Waals surface area (Å²) >= 11 is 0. The number of nitrogens with zero attached hydrogens (tertiary/aromatic N) is 4. The lowest BCUT2D eigenvalue weighted by Gasteiger charge is -2.23. The van der Waals surface area contributed by atoms with Gasteiger partial charge in [0.1, 0.15) is 11.4 Å². The van der Waals surface area contributed by atoms with E-state index in [9.17, 15) is 9.90 Å². The standard InChI is InChI=1S/C14H18N4O3/c1-10-7-21-11(2)12(10)13(19)17-5-3-14(20,8-17)9-18-6-4-15-16-18/h4,6-7,20H,3,5,8-9H2,1-2H3. The third-order valence-corrected chi connectivity index (χ3v) is 3.92. The van der Waals surface area contributed by atoms with Gasteiger partial charge in [-0.1, -0.05) is 5.21 Å². The maximum absolute atomic E-state index is 12.6. The van der Waals surface area contributed by atoms with E-state index in [4.69, 9.17) is 4.42 Å². The van der Waals surface area contributed by atoms with Crippen LogP contribution in [0, 0.1) is 13.8 Å². The number of furan rings is 1. The lowest BCUT2D eigenvalue weighted by atomic mass is 10.0. The molecular weight excluding hydrogens is 272 g/mol. The third kappa shape index (κ3) is 2.56. The Hall–Kier alpha value is -2.15. The predicted molar refractivity (Wildman–Crippen MR) is 73.7 cm³/mol. The molecule has 1 saturated heterocycles. The zero-order valence-electron chi connectivity index (χ0n) is 12.1. The van der Waals surface area contributed by atoms with Crippen molar-refractivity contribution in [3.05, 3.63) is 35.5 Å². The van der Waals surface area contributed by atoms with Gasteiger partial charge >= 0.3 is 0 Å². The SMILES string of the molecule is Cc1coc(C)c1C(=O)N1CCC(O)(Cn2ccnn2)C1. The summed E-state index contributed by atoms with van der Waals surface area (Å²) in [4.78, 5) is 14.2. The first-order valence-corrected chi connectivity index (χ1v) is 6.89. The molecule has 2 aromatic rings. The normalized spacial score (nSPS) is 22.0. The first-order chi connectivity index (χ1) is 9.98. The van der Waals surface area contributed by atoms with Crippen molar-refractivity contribution in [1.82, 2.24) is 19.9 Å². The third-order valence-electron chi connectivity index (χ3n) is 3.92. The summed E-state index contributed by atoms with van der Waals surface area (Å²) in [5, 5.41) is 18.2. The number of amides is 1. The minimum absolute atomic E-state index is 0.0896. The van der Waals surface area contributed by atoms with E-state index in [-0.39, 0.29) is 12.5 Å². The van der Waals surface area contributed by atoms with Gasteiger partial charge in [0, 0.05) is 18.3 Å². The molecule has 1 unspecified atom stereocenters. The maximum atomic E-state index is 12.6. The lowest BCUT2D eigenvalue weighted by molar-refractivity contribution is 0.0266. The first-order valence-electron chi connectivity index (χ1n) is 6.89. The Bertz CT molecular complexity index is 630. The number of β-amino-alcohol motifs (C(OH)–C–C–N with tert-alkyl or cyclic N) is 1. The van der Waals surface area contributed by atoms with Crippen molar-refractivity contribution in [2.45, 2.75) is 32.4 Å². The fourth-order valence-electron chi connectivity index (χ4n) is 2.83. The number of aryl methyl sites for hydroxylation is 2. The molecule has 0 aromatic carbocycles. The molecule has 0 bridgehead atoms. The van der Waals surface area contributed by atoms with Crippen LogP contribution in [0.15, 0.2) is 23.1 Å². The summed E-state index contributed by atoms with van der Waals surface area (Å²) in [6.45, 7) is 4.77. The quantitative estimate of drug-likeness (QED) is 0.902. The van der Waals surface area contributed by atoms with E-state index in [0.717, 1.165) is 5.56 Å². The van der Waals surface area contributed by atoms with Crippen molar-refractivity contribution in [2.75, 3.05) is 13.1 Å². The van der Waals surface area contributed by atoms with Crippen LogP contribution in [-0.2, 0) is 6.54 Å². The van der Waals surface area contributed by atoms with E-state index in [1.807, 2.05) is 6.92 Å². The van der Waals surface area contributed by atoms with Gasteiger partial charge in [0.2, 0.25) is 0 Å². The van der Waals surface area contributed by atoms with E-state index in [0.29, 0.717) is 30.8 Å². The molecule has 1 fully saturated rings. The van der Waals surface area contributed by atoms with Crippen LogP contribution in [-0.4, -0.2) is 49.6 Å². The number of carbonyl (C=O) groups excluding carboxylic acids is 1. The molecule has 1 N–H and O–H groups in total. The smallest absolute Gasteiger partial charge is 0.257 e. The zero-order valence-corrected chi connectivity index (χ0v) is 12.1. The fourth-order valence-corrected chi connectivity index (χ4v) is 2.83. The van der Waals surface area contributed by atoms with Gasteiger partial charge in [0.05, 0.1) is 31.1 Å². The molecule has 7 heteroatoms. The second kappa shape index (κ2) is 5.00. The van der Waals surface area contributed by atoms with Crippen molar-refractivity contribution in [1.29, 1.82) is 0 Å². The number of aliphatic hydroxyl groups is 1. The molecule has 21 heavy (non-hydrogen) atoms. The van der Waals surface area contributed by atoms with Crippen LogP contribution in [0.2, 0.25) is 0 Å². The van der Waals surface area contributed by atoms with E-state index >= 15 is 0 Å². The summed E-state index contributed by atoms with van der Waals surface area (Å²) < 4.78 is 6.87. The van der Waals surface area contributed by atoms with Crippen LogP contribution >= 0.6 is 0 Å². The van der Waals surface area contributed by atoms with Gasteiger partial charge in [-0.3, -0.25) is 4.79 Å². The van der Waals surface area contributed by atoms with E-state index in [1.54, 1.807) is 35.2 Å². The lowest BCUT2D eigenvalue weighted by Crippen LogP contribution is -2.39. The summed E-state index contributed by atoms with van der Waals surface area (Å²) in [6.07, 6.45) is 5.38. The Morgan fingerprint density at radius 3 is 2.95 bits per heavy atom. The highest BCUT2D eigenvalue weighted by Crippen LogP contribution is 2.26. The Kier molecular flexibility index (Phi) is 3.29. The minimum Gasteiger partial charge on any atom is -0.469 e. The summed E-state index contributed by atoms with van der Waals surface area (Å²) in [7, 11) is 0. The maximum Gasteiger partial charge on any atom is 0.257 e. The van der Waals surface area contributed by atoms with E-state index in [2.05, 4.69) is 10.3 Å². The number of hydrogen-bond donors (Lipinski definition) is 1. The van der Waals surface area contributed by atoms with Crippen molar-refractivity contribution in [3.8, 4) is 0 Å². The van der Waals surface area contributed by atoms with Gasteiger partial charge in [0.25, 0.3) is 5.91 Å². The van der Waals surface area contributed by atoms with Crippen LogP contribution in [0.25, 0.3) is 0 Å². The van der Waals surface area contributed by atoms with Crippen molar-refractivity contribution >= 4 is 5.91 Å². The number of rotatable bonds is 3. The largest absolute Gasteiger partial charge is 0.469 e. The van der Waals surface area contributed by atoms with E-state index < -0.39 is 5.60 Å². The number of likely N-dealkylation sites (tertiary alicyclic amines) is 1. The highest BCUT2D eigenvalue weighted by Gasteiger charge is 2.39. The summed E-state index contributed by atoms with van der Waals surface area (Å²) in [5.41, 5.74) is 0.457. The van der Waals surface area contributed by atoms with Gasteiger partial charge in [-0.25, -0.2) is 4.68 Å². The molecule has 0 spiro atoms. The van der Waals surface area contributed by atoms with E-state index in [1.165, 1.54) is 0 Å². The summed E-state index contributed by atoms with van der Waals surface area (Å²) in [5.74, 6) is 0.525. The monoisotopic (exact) mass is 290 g/mol. The molecule has 3 rings (SSSR count). The average molecular weight is 290 g/mol. The van der Waals surface area contributed by atoms with Gasteiger partial charge in [-0.15, -0.1) is 5.10 Å². The molecule has 1 amide bonds. The first kappa shape index (κ1) is 13.8. The van der Waals surface area contributed by atoms with Gasteiger partial charge in [-0.2, -0.15) is 0 Å². The van der Waals surface area contributed by atoms with Crippen molar-refractivity contribution in [3.63, 3.8) is 0 Å². The Morgan fingerprint density at radius 2 is 2.33 bits per heavy atom. The molecular formula is C14H18N4O3. The van der Waals surface area contributed by atoms with Crippen LogP contribution < -0.4 is 0 Å². The van der Waals surface area contributed by atoms with Gasteiger partial charge < -0.3 is 14.4 Å². The fraction of sp³-hybridized carbons (Fsp3) is 0.500. The van der Waals surface area contributed by atoms with Crippen LogP contribution in [0.4, 0.5) is 0 Å². The molecule has 1 aliphatic rings. The highest BCUT2D eigenvalue weighted by atomic mass is 16.3. The molecule has 2 aromatic heterocycles. The molecule has 112 valence electrons. The van der Waals surface area contributed by atoms with Crippen molar-refractivity contribution in [2.24, 2.45) is 0 Å². The Balaban J connectivity index is 1.73. The molecule has 3 heterocycles. The molecule has 7 nitrogen and oxygen atoms in total. The van der Waals surface area contributed by atoms with Gasteiger partial charge in [0.15, 0.2) is 0 Å². The van der Waals surface area contributed by atoms with Crippen LogP contribution in [0.5, 0.6) is 0 Å². The molecule has 1 aliphatic heterocycles. The molecule has 0 saturated carbocycles. The average Bonchev–Trinajstić information content (AvgIpc) is 3.13. The number of carbonyl (C=O) groups is 1. The Morgan fingerprint density at radius 1 is 1.52 bits per heavy atom. The minimum atomic E-state index is -0.963. The topological polar surface area (TPSA) is 84.4 Å². The Labute approximate surface area is 122 Å². The molecule has 0 aliphatic carbocycles. The second-order valence-corrected chi connectivity index (χ2v) is 5.65. The molecule has 0 radical (unpaired) electrons. The van der Waals surface area contributed by atoms with Crippen molar-refractivity contribution < 1.29 is 14.3 Å². The zero-order chi connectivity index (χ0) is 15.0. The number of aromatic nitrogens is 3. The number of hydrogen-bond acceptors (Lipinski definition) is 5. The van der Waals surface area contributed by atoms with Crippen LogP contribution in [0.1, 0.15) is 28.1 Å². The van der Waals surface area contributed by atoms with Crippen LogP contribution in [0.3, 0.4) is 0 Å². The second-order valence-electron chi connectivity index (χ2n) is 5.65.